The molecule has 3 nitrogen and oxygen atoms in total. The molecule has 0 aliphatic heterocycles. The maximum Gasteiger partial charge on any atom is 0.338 e. The number of ketones is 1. The summed E-state index contributed by atoms with van der Waals surface area (Å²) >= 11 is 0. The van der Waals surface area contributed by atoms with Crippen LogP contribution in [-0.4, -0.2) is 18.4 Å². The van der Waals surface area contributed by atoms with Crippen molar-refractivity contribution < 1.29 is 14.3 Å². The number of aryl methyl sites for hydroxylation is 2. The number of esters is 1. The van der Waals surface area contributed by atoms with Crippen LogP contribution in [0.25, 0.3) is 11.1 Å². The van der Waals surface area contributed by atoms with Crippen LogP contribution in [0.15, 0.2) is 60.7 Å². The molecule has 27 heavy (non-hydrogen) atoms. The Bertz CT molecular complexity index is 1040. The molecule has 0 atom stereocenters. The van der Waals surface area contributed by atoms with Crippen molar-refractivity contribution in [3.05, 3.63) is 94.0 Å². The van der Waals surface area contributed by atoms with E-state index in [4.69, 9.17) is 4.74 Å². The highest BCUT2D eigenvalue weighted by Crippen LogP contribution is 2.36. The molecule has 0 saturated heterocycles. The van der Waals surface area contributed by atoms with E-state index in [1.54, 1.807) is 12.1 Å². The molecule has 134 valence electrons. The summed E-state index contributed by atoms with van der Waals surface area (Å²) in [6.45, 7) is 3.60. The minimum atomic E-state index is -0.471. The first kappa shape index (κ1) is 17.2. The molecule has 0 fully saturated rings. The topological polar surface area (TPSA) is 43.4 Å². The molecule has 0 saturated carbocycles. The number of rotatable bonds is 4. The summed E-state index contributed by atoms with van der Waals surface area (Å²) in [5, 5.41) is 0. The average Bonchev–Trinajstić information content (AvgIpc) is 3.03. The average molecular weight is 356 g/mol. The van der Waals surface area contributed by atoms with Gasteiger partial charge in [0.2, 0.25) is 0 Å². The molecule has 0 heterocycles. The van der Waals surface area contributed by atoms with Gasteiger partial charge in [-0.05, 0) is 60.7 Å². The molecular formula is C24H20O3. The van der Waals surface area contributed by atoms with Gasteiger partial charge in [-0.3, -0.25) is 4.79 Å². The van der Waals surface area contributed by atoms with Gasteiger partial charge < -0.3 is 4.74 Å². The van der Waals surface area contributed by atoms with E-state index in [-0.39, 0.29) is 12.4 Å². The van der Waals surface area contributed by atoms with Crippen molar-refractivity contribution in [3.63, 3.8) is 0 Å². The minimum absolute atomic E-state index is 0.195. The molecule has 4 rings (SSSR count). The van der Waals surface area contributed by atoms with Crippen molar-refractivity contribution >= 4 is 11.8 Å². The lowest BCUT2D eigenvalue weighted by atomic mass is 10.0. The van der Waals surface area contributed by atoms with Crippen LogP contribution in [-0.2, 0) is 11.2 Å². The lowest BCUT2D eigenvalue weighted by molar-refractivity contribution is 0.0474. The Morgan fingerprint density at radius 1 is 0.815 bits per heavy atom. The number of carbonyl (C=O) groups excluding carboxylic acids is 2. The number of hydrogen-bond donors (Lipinski definition) is 0. The molecule has 1 aliphatic carbocycles. The fourth-order valence-electron chi connectivity index (χ4n) is 3.69. The zero-order valence-corrected chi connectivity index (χ0v) is 15.4. The summed E-state index contributed by atoms with van der Waals surface area (Å²) in [4.78, 5) is 24.8. The first-order valence-electron chi connectivity index (χ1n) is 9.01. The zero-order valence-electron chi connectivity index (χ0n) is 15.4. The Balaban J connectivity index is 1.49. The van der Waals surface area contributed by atoms with Crippen molar-refractivity contribution in [1.29, 1.82) is 0 Å². The molecule has 3 aromatic rings. The smallest absolute Gasteiger partial charge is 0.338 e. The number of fused-ring (bicyclic) bond motifs is 3. The quantitative estimate of drug-likeness (QED) is 0.385. The van der Waals surface area contributed by atoms with Gasteiger partial charge in [-0.1, -0.05) is 53.6 Å². The van der Waals surface area contributed by atoms with Crippen molar-refractivity contribution in [2.75, 3.05) is 6.61 Å². The van der Waals surface area contributed by atoms with Crippen molar-refractivity contribution in [3.8, 4) is 11.1 Å². The van der Waals surface area contributed by atoms with E-state index in [9.17, 15) is 9.59 Å². The third kappa shape index (κ3) is 3.41. The first-order chi connectivity index (χ1) is 13.0. The van der Waals surface area contributed by atoms with Crippen LogP contribution in [0.2, 0.25) is 0 Å². The molecule has 0 radical (unpaired) electrons. The standard InChI is InChI=1S/C24H20O3/c1-15-9-16(2)11-20(10-15)24(26)27-14-23(25)19-8-7-18-12-17-5-3-4-6-21(17)22(18)13-19/h3-11,13H,12,14H2,1-2H3. The second kappa shape index (κ2) is 6.84. The summed E-state index contributed by atoms with van der Waals surface area (Å²) in [5.74, 6) is -0.665. The van der Waals surface area contributed by atoms with E-state index in [1.165, 1.54) is 16.7 Å². The Labute approximate surface area is 158 Å². The molecule has 3 heteroatoms. The van der Waals surface area contributed by atoms with Gasteiger partial charge in [0, 0.05) is 5.56 Å². The van der Waals surface area contributed by atoms with Gasteiger partial charge >= 0.3 is 5.97 Å². The number of hydrogen-bond acceptors (Lipinski definition) is 3. The summed E-state index contributed by atoms with van der Waals surface area (Å²) < 4.78 is 5.25. The Hall–Kier alpha value is -3.20. The highest BCUT2D eigenvalue weighted by molar-refractivity contribution is 6.00. The fraction of sp³-hybridized carbons (Fsp3) is 0.167. The molecular weight excluding hydrogens is 336 g/mol. The van der Waals surface area contributed by atoms with E-state index < -0.39 is 5.97 Å². The van der Waals surface area contributed by atoms with E-state index >= 15 is 0 Å². The van der Waals surface area contributed by atoms with Gasteiger partial charge in [-0.2, -0.15) is 0 Å². The van der Waals surface area contributed by atoms with Crippen LogP contribution in [0.4, 0.5) is 0 Å². The second-order valence-electron chi connectivity index (χ2n) is 7.08. The molecule has 0 bridgehead atoms. The zero-order chi connectivity index (χ0) is 19.0. The predicted octanol–water partition coefficient (Wildman–Crippen LogP) is 4.91. The third-order valence-corrected chi connectivity index (χ3v) is 4.91. The van der Waals surface area contributed by atoms with Crippen LogP contribution in [0.3, 0.4) is 0 Å². The second-order valence-corrected chi connectivity index (χ2v) is 7.08. The van der Waals surface area contributed by atoms with E-state index in [2.05, 4.69) is 12.1 Å². The van der Waals surface area contributed by atoms with Gasteiger partial charge in [-0.25, -0.2) is 4.79 Å². The fourth-order valence-corrected chi connectivity index (χ4v) is 3.69. The Morgan fingerprint density at radius 3 is 2.30 bits per heavy atom. The number of ether oxygens (including phenoxy) is 1. The number of benzene rings is 3. The maximum absolute atomic E-state index is 12.5. The molecule has 0 amide bonds. The number of carbonyl (C=O) groups is 2. The molecule has 1 aliphatic rings. The largest absolute Gasteiger partial charge is 0.454 e. The van der Waals surface area contributed by atoms with Crippen molar-refractivity contribution in [1.82, 2.24) is 0 Å². The SMILES string of the molecule is Cc1cc(C)cc(C(=O)OCC(=O)c2ccc3c(c2)-c2ccccc2C3)c1. The molecule has 0 aromatic heterocycles. The van der Waals surface area contributed by atoms with Crippen molar-refractivity contribution in [2.45, 2.75) is 20.3 Å². The highest BCUT2D eigenvalue weighted by atomic mass is 16.5. The van der Waals surface area contributed by atoms with Crippen LogP contribution < -0.4 is 0 Å². The van der Waals surface area contributed by atoms with Crippen LogP contribution in [0, 0.1) is 13.8 Å². The molecule has 0 spiro atoms. The predicted molar refractivity (Wildman–Crippen MR) is 105 cm³/mol. The van der Waals surface area contributed by atoms with Gasteiger partial charge in [0.25, 0.3) is 0 Å². The van der Waals surface area contributed by atoms with Crippen molar-refractivity contribution in [2.24, 2.45) is 0 Å². The number of Topliss-reactive ketones (excluding diaryl/α,β-unsaturated/α-hetero) is 1. The summed E-state index contributed by atoms with van der Waals surface area (Å²) in [5.41, 5.74) is 7.79. The molecule has 0 N–H and O–H groups in total. The van der Waals surface area contributed by atoms with Crippen LogP contribution in [0.1, 0.15) is 43.0 Å². The Morgan fingerprint density at radius 2 is 1.52 bits per heavy atom. The van der Waals surface area contributed by atoms with Crippen LogP contribution in [0.5, 0.6) is 0 Å². The van der Waals surface area contributed by atoms with Gasteiger partial charge in [-0.15, -0.1) is 0 Å². The monoisotopic (exact) mass is 356 g/mol. The molecule has 3 aromatic carbocycles. The normalized spacial score (nSPS) is 11.6. The lowest BCUT2D eigenvalue weighted by Crippen LogP contribution is -2.14. The highest BCUT2D eigenvalue weighted by Gasteiger charge is 2.20. The van der Waals surface area contributed by atoms with Gasteiger partial charge in [0.05, 0.1) is 5.56 Å². The van der Waals surface area contributed by atoms with E-state index in [0.29, 0.717) is 11.1 Å². The molecule has 0 unspecified atom stereocenters. The van der Waals surface area contributed by atoms with E-state index in [0.717, 1.165) is 23.1 Å². The van der Waals surface area contributed by atoms with Crippen LogP contribution >= 0.6 is 0 Å². The van der Waals surface area contributed by atoms with E-state index in [1.807, 2.05) is 50.2 Å². The summed E-state index contributed by atoms with van der Waals surface area (Å²) in [6.07, 6.45) is 0.891. The Kier molecular flexibility index (Phi) is 4.36. The lowest BCUT2D eigenvalue weighted by Gasteiger charge is -2.08. The summed E-state index contributed by atoms with van der Waals surface area (Å²) in [7, 11) is 0. The summed E-state index contributed by atoms with van der Waals surface area (Å²) in [6, 6.07) is 19.5. The third-order valence-electron chi connectivity index (χ3n) is 4.91. The minimum Gasteiger partial charge on any atom is -0.454 e. The first-order valence-corrected chi connectivity index (χ1v) is 9.01. The van der Waals surface area contributed by atoms with Gasteiger partial charge in [0.1, 0.15) is 0 Å². The maximum atomic E-state index is 12.5. The van der Waals surface area contributed by atoms with Gasteiger partial charge in [0.15, 0.2) is 12.4 Å².